The molecule has 9 nitrogen and oxygen atoms in total. The average molecular weight is 373 g/mol. The number of hydrogen-bond donors (Lipinski definition) is 1. The smallest absolute Gasteiger partial charge is 0.303 e. The molecule has 1 aromatic heterocycles. The lowest BCUT2D eigenvalue weighted by molar-refractivity contribution is -0.137. The summed E-state index contributed by atoms with van der Waals surface area (Å²) in [5.74, 6) is -1.43. The molecule has 0 radical (unpaired) electrons. The van der Waals surface area contributed by atoms with Gasteiger partial charge in [0, 0.05) is 33.6 Å². The number of likely N-dealkylation sites (N-methyl/N-ethyl adjacent to an activating group) is 1. The van der Waals surface area contributed by atoms with Crippen molar-refractivity contribution in [3.8, 4) is 0 Å². The van der Waals surface area contributed by atoms with Gasteiger partial charge in [-0.1, -0.05) is 35.5 Å². The van der Waals surface area contributed by atoms with Crippen LogP contribution >= 0.6 is 0 Å². The molecule has 1 aromatic carbocycles. The lowest BCUT2D eigenvalue weighted by Crippen LogP contribution is -2.32. The molecule has 27 heavy (non-hydrogen) atoms. The summed E-state index contributed by atoms with van der Waals surface area (Å²) in [6.45, 7) is 0.608. The van der Waals surface area contributed by atoms with Crippen LogP contribution in [0.3, 0.4) is 0 Å². The molecule has 0 fully saturated rings. The summed E-state index contributed by atoms with van der Waals surface area (Å²) < 4.78 is 1.31. The SMILES string of the molecule is CN(C)C(=O)Cn1cc(C(=O)N(CCCC(=O)O)Cc2ccccc2)nn1. The molecule has 2 aromatic rings. The van der Waals surface area contributed by atoms with Crippen molar-refractivity contribution in [2.24, 2.45) is 0 Å². The van der Waals surface area contributed by atoms with E-state index in [2.05, 4.69) is 10.3 Å². The first-order chi connectivity index (χ1) is 12.9. The number of carboxylic acid groups (broad SMARTS) is 1. The fourth-order valence-electron chi connectivity index (χ4n) is 2.39. The Balaban J connectivity index is 2.11. The normalized spacial score (nSPS) is 10.4. The molecular formula is C18H23N5O4. The predicted molar refractivity (Wildman–Crippen MR) is 96.8 cm³/mol. The standard InChI is InChI=1S/C18H23N5O4/c1-21(2)16(24)13-23-12-15(19-20-23)18(27)22(10-6-9-17(25)26)11-14-7-4-3-5-8-14/h3-5,7-8,12H,6,9-11,13H2,1-2H3,(H,25,26). The zero-order chi connectivity index (χ0) is 19.8. The van der Waals surface area contributed by atoms with Gasteiger partial charge < -0.3 is 14.9 Å². The number of nitrogens with zero attached hydrogens (tertiary/aromatic N) is 5. The first-order valence-corrected chi connectivity index (χ1v) is 8.52. The van der Waals surface area contributed by atoms with Crippen molar-refractivity contribution in [3.05, 3.63) is 47.8 Å². The first-order valence-electron chi connectivity index (χ1n) is 8.52. The highest BCUT2D eigenvalue weighted by Crippen LogP contribution is 2.10. The molecule has 2 amide bonds. The third-order valence-corrected chi connectivity index (χ3v) is 3.88. The lowest BCUT2D eigenvalue weighted by atomic mass is 10.2. The van der Waals surface area contributed by atoms with Crippen LogP contribution in [0.2, 0.25) is 0 Å². The number of aromatic nitrogens is 3. The Labute approximate surface area is 157 Å². The molecule has 0 aliphatic carbocycles. The Kier molecular flexibility index (Phi) is 7.04. The number of aliphatic carboxylic acids is 1. The van der Waals surface area contributed by atoms with Crippen LogP contribution in [0, 0.1) is 0 Å². The first kappa shape index (κ1) is 20.1. The molecule has 0 aliphatic rings. The van der Waals surface area contributed by atoms with E-state index >= 15 is 0 Å². The van der Waals surface area contributed by atoms with Crippen molar-refractivity contribution in [2.45, 2.75) is 25.9 Å². The fourth-order valence-corrected chi connectivity index (χ4v) is 2.39. The number of hydrogen-bond acceptors (Lipinski definition) is 5. The van der Waals surface area contributed by atoms with Gasteiger partial charge in [-0.25, -0.2) is 4.68 Å². The number of carbonyl (C=O) groups is 3. The van der Waals surface area contributed by atoms with Crippen LogP contribution in [0.15, 0.2) is 36.5 Å². The summed E-state index contributed by atoms with van der Waals surface area (Å²) in [5.41, 5.74) is 1.05. The quantitative estimate of drug-likeness (QED) is 0.699. The fraction of sp³-hybridized carbons (Fsp3) is 0.389. The highest BCUT2D eigenvalue weighted by Gasteiger charge is 2.20. The maximum Gasteiger partial charge on any atom is 0.303 e. The highest BCUT2D eigenvalue weighted by molar-refractivity contribution is 5.92. The maximum atomic E-state index is 12.8. The molecule has 0 saturated carbocycles. The van der Waals surface area contributed by atoms with Gasteiger partial charge in [0.15, 0.2) is 5.69 Å². The van der Waals surface area contributed by atoms with Crippen LogP contribution in [0.1, 0.15) is 28.9 Å². The second-order valence-electron chi connectivity index (χ2n) is 6.30. The summed E-state index contributed by atoms with van der Waals surface area (Å²) in [6, 6.07) is 9.42. The van der Waals surface area contributed by atoms with Crippen LogP contribution in [-0.4, -0.2) is 68.3 Å². The van der Waals surface area contributed by atoms with Crippen LogP contribution in [0.4, 0.5) is 0 Å². The monoisotopic (exact) mass is 373 g/mol. The lowest BCUT2D eigenvalue weighted by Gasteiger charge is -2.21. The van der Waals surface area contributed by atoms with Gasteiger partial charge in [-0.3, -0.25) is 14.4 Å². The van der Waals surface area contributed by atoms with Crippen LogP contribution in [0.25, 0.3) is 0 Å². The Hall–Kier alpha value is -3.23. The Morgan fingerprint density at radius 1 is 1.15 bits per heavy atom. The molecule has 2 rings (SSSR count). The summed E-state index contributed by atoms with van der Waals surface area (Å²) in [7, 11) is 3.27. The van der Waals surface area contributed by atoms with Crippen molar-refractivity contribution in [1.82, 2.24) is 24.8 Å². The predicted octanol–water partition coefficient (Wildman–Crippen LogP) is 0.873. The topological polar surface area (TPSA) is 109 Å². The second-order valence-corrected chi connectivity index (χ2v) is 6.30. The average Bonchev–Trinajstić information content (AvgIpc) is 3.09. The van der Waals surface area contributed by atoms with Crippen LogP contribution in [0.5, 0.6) is 0 Å². The minimum atomic E-state index is -0.907. The minimum Gasteiger partial charge on any atom is -0.481 e. The molecule has 0 unspecified atom stereocenters. The van der Waals surface area contributed by atoms with E-state index in [1.54, 1.807) is 19.0 Å². The van der Waals surface area contributed by atoms with E-state index in [1.165, 1.54) is 15.8 Å². The van der Waals surface area contributed by atoms with Gasteiger partial charge >= 0.3 is 5.97 Å². The van der Waals surface area contributed by atoms with E-state index in [-0.39, 0.29) is 37.0 Å². The van der Waals surface area contributed by atoms with Crippen molar-refractivity contribution in [1.29, 1.82) is 0 Å². The van der Waals surface area contributed by atoms with Crippen LogP contribution < -0.4 is 0 Å². The molecule has 9 heteroatoms. The summed E-state index contributed by atoms with van der Waals surface area (Å²) in [6.07, 6.45) is 1.74. The minimum absolute atomic E-state index is 0.00895. The Morgan fingerprint density at radius 3 is 2.48 bits per heavy atom. The number of carboxylic acids is 1. The largest absolute Gasteiger partial charge is 0.481 e. The van der Waals surface area contributed by atoms with Crippen molar-refractivity contribution in [3.63, 3.8) is 0 Å². The van der Waals surface area contributed by atoms with E-state index in [0.29, 0.717) is 13.0 Å². The van der Waals surface area contributed by atoms with Gasteiger partial charge in [0.1, 0.15) is 6.54 Å². The molecule has 0 aliphatic heterocycles. The van der Waals surface area contributed by atoms with E-state index in [1.807, 2.05) is 30.3 Å². The number of rotatable bonds is 9. The van der Waals surface area contributed by atoms with Gasteiger partial charge in [0.2, 0.25) is 5.91 Å². The number of amides is 2. The Bertz CT molecular complexity index is 788. The molecule has 0 saturated heterocycles. The van der Waals surface area contributed by atoms with Crippen molar-refractivity contribution in [2.75, 3.05) is 20.6 Å². The zero-order valence-electron chi connectivity index (χ0n) is 15.4. The molecule has 1 heterocycles. The van der Waals surface area contributed by atoms with Crippen molar-refractivity contribution < 1.29 is 19.5 Å². The summed E-state index contributed by atoms with van der Waals surface area (Å²) >= 11 is 0. The zero-order valence-corrected chi connectivity index (χ0v) is 15.4. The van der Waals surface area contributed by atoms with E-state index in [9.17, 15) is 14.4 Å². The molecule has 0 spiro atoms. The molecule has 0 atom stereocenters. The van der Waals surface area contributed by atoms with Gasteiger partial charge in [-0.05, 0) is 12.0 Å². The number of benzene rings is 1. The van der Waals surface area contributed by atoms with E-state index < -0.39 is 5.97 Å². The van der Waals surface area contributed by atoms with Crippen LogP contribution in [-0.2, 0) is 22.7 Å². The van der Waals surface area contributed by atoms with Gasteiger partial charge in [-0.15, -0.1) is 5.10 Å². The van der Waals surface area contributed by atoms with E-state index in [0.717, 1.165) is 5.56 Å². The van der Waals surface area contributed by atoms with Gasteiger partial charge in [0.05, 0.1) is 6.20 Å². The molecule has 144 valence electrons. The third-order valence-electron chi connectivity index (χ3n) is 3.88. The summed E-state index contributed by atoms with van der Waals surface area (Å²) in [4.78, 5) is 38.3. The maximum absolute atomic E-state index is 12.8. The number of carbonyl (C=O) groups excluding carboxylic acids is 2. The van der Waals surface area contributed by atoms with Crippen molar-refractivity contribution >= 4 is 17.8 Å². The van der Waals surface area contributed by atoms with Gasteiger partial charge in [0.25, 0.3) is 5.91 Å². The second kappa shape index (κ2) is 9.46. The van der Waals surface area contributed by atoms with E-state index in [4.69, 9.17) is 5.11 Å². The molecule has 0 bridgehead atoms. The molecular weight excluding hydrogens is 350 g/mol. The molecule has 1 N–H and O–H groups in total. The highest BCUT2D eigenvalue weighted by atomic mass is 16.4. The Morgan fingerprint density at radius 2 is 1.85 bits per heavy atom. The third kappa shape index (κ3) is 6.21. The van der Waals surface area contributed by atoms with Gasteiger partial charge in [-0.2, -0.15) is 0 Å². The summed E-state index contributed by atoms with van der Waals surface area (Å²) in [5, 5.41) is 16.5.